The lowest BCUT2D eigenvalue weighted by Gasteiger charge is -2.24. The molecule has 0 amide bonds. The minimum Gasteiger partial charge on any atom is -0.465 e. The van der Waals surface area contributed by atoms with Crippen LogP contribution in [0.25, 0.3) is 33.5 Å². The van der Waals surface area contributed by atoms with Crippen molar-refractivity contribution >= 4 is 33.8 Å². The lowest BCUT2D eigenvalue weighted by Crippen LogP contribution is -2.28. The Bertz CT molecular complexity index is 1380. The zero-order valence-corrected chi connectivity index (χ0v) is 17.9. The first-order chi connectivity index (χ1) is 15.7. The molecule has 1 aliphatic rings. The van der Waals surface area contributed by atoms with Gasteiger partial charge in [0.1, 0.15) is 11.3 Å². The van der Waals surface area contributed by atoms with Gasteiger partial charge in [0.05, 0.1) is 29.3 Å². The maximum Gasteiger partial charge on any atom is 0.416 e. The number of rotatable bonds is 3. The van der Waals surface area contributed by atoms with Crippen molar-refractivity contribution in [1.82, 2.24) is 9.97 Å². The fraction of sp³-hybridized carbons (Fsp3) is 0.292. The standard InChI is InChI=1S/C24H20F3N3O3/c1-13-4-3-9-30(13)22-21(28-17-8-6-15(23(31)32-2)10-18(17)29-22)20-11-14-5-7-16(24(25,26)27)12-19(14)33-20/h5-8,10-13H,3-4,9H2,1-2H3/t13-/m0/s1. The number of alkyl halides is 3. The fourth-order valence-electron chi connectivity index (χ4n) is 4.23. The van der Waals surface area contributed by atoms with E-state index in [4.69, 9.17) is 19.1 Å². The van der Waals surface area contributed by atoms with E-state index in [0.29, 0.717) is 39.3 Å². The number of fused-ring (bicyclic) bond motifs is 2. The maximum absolute atomic E-state index is 13.1. The van der Waals surface area contributed by atoms with Gasteiger partial charge >= 0.3 is 12.1 Å². The highest BCUT2D eigenvalue weighted by Crippen LogP contribution is 2.38. The number of carbonyl (C=O) groups is 1. The van der Waals surface area contributed by atoms with E-state index < -0.39 is 17.7 Å². The van der Waals surface area contributed by atoms with Gasteiger partial charge in [0.15, 0.2) is 11.6 Å². The number of ether oxygens (including phenoxy) is 1. The highest BCUT2D eigenvalue weighted by Gasteiger charge is 2.31. The van der Waals surface area contributed by atoms with Crippen molar-refractivity contribution in [2.75, 3.05) is 18.6 Å². The molecule has 0 unspecified atom stereocenters. The highest BCUT2D eigenvalue weighted by atomic mass is 19.4. The molecule has 170 valence electrons. The van der Waals surface area contributed by atoms with E-state index in [2.05, 4.69) is 11.8 Å². The first-order valence-corrected chi connectivity index (χ1v) is 10.5. The van der Waals surface area contributed by atoms with Gasteiger partial charge in [-0.1, -0.05) is 6.07 Å². The molecule has 0 bridgehead atoms. The van der Waals surface area contributed by atoms with Gasteiger partial charge in [-0.2, -0.15) is 13.2 Å². The van der Waals surface area contributed by atoms with E-state index >= 15 is 0 Å². The predicted molar refractivity (Wildman–Crippen MR) is 117 cm³/mol. The van der Waals surface area contributed by atoms with Crippen molar-refractivity contribution in [3.8, 4) is 11.5 Å². The predicted octanol–water partition coefficient (Wildman–Crippen LogP) is 5.84. The Hall–Kier alpha value is -3.62. The Balaban J connectivity index is 1.69. The van der Waals surface area contributed by atoms with E-state index in [-0.39, 0.29) is 11.6 Å². The summed E-state index contributed by atoms with van der Waals surface area (Å²) in [6.07, 6.45) is -2.49. The third kappa shape index (κ3) is 3.77. The molecular formula is C24H20F3N3O3. The molecule has 0 spiro atoms. The van der Waals surface area contributed by atoms with E-state index in [1.165, 1.54) is 13.2 Å². The first kappa shape index (κ1) is 21.2. The van der Waals surface area contributed by atoms with Crippen LogP contribution < -0.4 is 4.90 Å². The Labute approximate surface area is 187 Å². The average molecular weight is 455 g/mol. The molecule has 33 heavy (non-hydrogen) atoms. The number of nitrogens with zero attached hydrogens (tertiary/aromatic N) is 3. The summed E-state index contributed by atoms with van der Waals surface area (Å²) in [5.74, 6) is 0.436. The Kier molecular flexibility index (Phi) is 4.99. The molecule has 4 aromatic rings. The smallest absolute Gasteiger partial charge is 0.416 e. The Morgan fingerprint density at radius 1 is 1.12 bits per heavy atom. The van der Waals surface area contributed by atoms with Gasteiger partial charge in [-0.25, -0.2) is 14.8 Å². The molecule has 6 nitrogen and oxygen atoms in total. The number of halogens is 3. The zero-order valence-electron chi connectivity index (χ0n) is 17.9. The Morgan fingerprint density at radius 3 is 2.64 bits per heavy atom. The molecule has 1 aliphatic heterocycles. The van der Waals surface area contributed by atoms with Crippen LogP contribution in [0.1, 0.15) is 35.7 Å². The topological polar surface area (TPSA) is 68.5 Å². The lowest BCUT2D eigenvalue weighted by molar-refractivity contribution is -0.137. The summed E-state index contributed by atoms with van der Waals surface area (Å²) in [6, 6.07) is 10.2. The van der Waals surface area contributed by atoms with Crippen LogP contribution in [0, 0.1) is 0 Å². The molecular weight excluding hydrogens is 435 g/mol. The third-order valence-corrected chi connectivity index (χ3v) is 5.97. The lowest BCUT2D eigenvalue weighted by atomic mass is 10.1. The van der Waals surface area contributed by atoms with Gasteiger partial charge < -0.3 is 14.1 Å². The van der Waals surface area contributed by atoms with Crippen LogP contribution in [0.3, 0.4) is 0 Å². The van der Waals surface area contributed by atoms with E-state index in [0.717, 1.165) is 31.5 Å². The molecule has 9 heteroatoms. The zero-order chi connectivity index (χ0) is 23.3. The summed E-state index contributed by atoms with van der Waals surface area (Å²) in [5.41, 5.74) is 1.21. The first-order valence-electron chi connectivity index (χ1n) is 10.5. The molecule has 0 aliphatic carbocycles. The van der Waals surface area contributed by atoms with Crippen LogP contribution in [-0.4, -0.2) is 35.6 Å². The fourth-order valence-corrected chi connectivity index (χ4v) is 4.23. The molecule has 0 N–H and O–H groups in total. The minimum absolute atomic E-state index is 0.128. The molecule has 0 radical (unpaired) electrons. The number of esters is 1. The van der Waals surface area contributed by atoms with Crippen LogP contribution in [0.5, 0.6) is 0 Å². The van der Waals surface area contributed by atoms with Crippen molar-refractivity contribution in [2.24, 2.45) is 0 Å². The molecule has 5 rings (SSSR count). The molecule has 1 saturated heterocycles. The number of carbonyl (C=O) groups excluding carboxylic acids is 1. The summed E-state index contributed by atoms with van der Waals surface area (Å²) in [7, 11) is 1.31. The van der Waals surface area contributed by atoms with E-state index in [1.807, 2.05) is 0 Å². The number of hydrogen-bond acceptors (Lipinski definition) is 6. The van der Waals surface area contributed by atoms with Crippen molar-refractivity contribution in [3.63, 3.8) is 0 Å². The van der Waals surface area contributed by atoms with Crippen molar-refractivity contribution in [3.05, 3.63) is 53.6 Å². The van der Waals surface area contributed by atoms with Crippen LogP contribution in [0.4, 0.5) is 19.0 Å². The summed E-state index contributed by atoms with van der Waals surface area (Å²) in [6.45, 7) is 2.85. The normalized spacial score (nSPS) is 16.6. The highest BCUT2D eigenvalue weighted by molar-refractivity contribution is 5.95. The molecule has 3 heterocycles. The van der Waals surface area contributed by atoms with Crippen molar-refractivity contribution < 1.29 is 27.1 Å². The number of hydrogen-bond donors (Lipinski definition) is 0. The van der Waals surface area contributed by atoms with Gasteiger partial charge in [-0.15, -0.1) is 0 Å². The van der Waals surface area contributed by atoms with E-state index in [9.17, 15) is 18.0 Å². The van der Waals surface area contributed by atoms with Crippen LogP contribution in [0.15, 0.2) is 46.9 Å². The summed E-state index contributed by atoms with van der Waals surface area (Å²) in [4.78, 5) is 23.6. The number of benzene rings is 2. The van der Waals surface area contributed by atoms with Gasteiger partial charge in [-0.05, 0) is 56.2 Å². The Morgan fingerprint density at radius 2 is 1.94 bits per heavy atom. The second kappa shape index (κ2) is 7.75. The second-order valence-electron chi connectivity index (χ2n) is 8.14. The quantitative estimate of drug-likeness (QED) is 0.362. The molecule has 2 aromatic carbocycles. The molecule has 1 atom stereocenters. The number of aromatic nitrogens is 2. The summed E-state index contributed by atoms with van der Waals surface area (Å²) >= 11 is 0. The monoisotopic (exact) mass is 455 g/mol. The van der Waals surface area contributed by atoms with Crippen molar-refractivity contribution in [1.29, 1.82) is 0 Å². The summed E-state index contributed by atoms with van der Waals surface area (Å²) in [5, 5.41) is 0.543. The molecule has 0 saturated carbocycles. The van der Waals surface area contributed by atoms with Crippen LogP contribution >= 0.6 is 0 Å². The number of methoxy groups -OCH3 is 1. The van der Waals surface area contributed by atoms with Gasteiger partial charge in [-0.3, -0.25) is 0 Å². The van der Waals surface area contributed by atoms with Gasteiger partial charge in [0.2, 0.25) is 0 Å². The van der Waals surface area contributed by atoms with Crippen LogP contribution in [0.2, 0.25) is 0 Å². The largest absolute Gasteiger partial charge is 0.465 e. The van der Waals surface area contributed by atoms with Gasteiger partial charge in [0.25, 0.3) is 0 Å². The summed E-state index contributed by atoms with van der Waals surface area (Å²) < 4.78 is 50.1. The van der Waals surface area contributed by atoms with E-state index in [1.54, 1.807) is 24.3 Å². The number of furan rings is 1. The average Bonchev–Trinajstić information content (AvgIpc) is 3.42. The maximum atomic E-state index is 13.1. The van der Waals surface area contributed by atoms with Crippen molar-refractivity contribution in [2.45, 2.75) is 32.0 Å². The minimum atomic E-state index is -4.46. The SMILES string of the molecule is COC(=O)c1ccc2nc(-c3cc4ccc(C(F)(F)F)cc4o3)c(N3CCC[C@@H]3C)nc2c1. The molecule has 1 fully saturated rings. The van der Waals surface area contributed by atoms with Gasteiger partial charge in [0, 0.05) is 18.0 Å². The third-order valence-electron chi connectivity index (χ3n) is 5.97. The second-order valence-corrected chi connectivity index (χ2v) is 8.14. The molecule has 2 aromatic heterocycles. The van der Waals surface area contributed by atoms with Crippen LogP contribution in [-0.2, 0) is 10.9 Å². The number of anilines is 1.